The molecule has 0 aliphatic carbocycles. The molecule has 0 saturated carbocycles. The van der Waals surface area contributed by atoms with Crippen molar-refractivity contribution in [3.05, 3.63) is 23.8 Å². The third kappa shape index (κ3) is 3.95. The van der Waals surface area contributed by atoms with Gasteiger partial charge in [-0.3, -0.25) is 4.79 Å². The van der Waals surface area contributed by atoms with Crippen LogP contribution < -0.4 is 11.1 Å². The zero-order valence-corrected chi connectivity index (χ0v) is 11.5. The van der Waals surface area contributed by atoms with Gasteiger partial charge in [-0.25, -0.2) is 0 Å². The first-order chi connectivity index (χ1) is 8.56. The number of hydrogen-bond donors (Lipinski definition) is 2. The van der Waals surface area contributed by atoms with Crippen molar-refractivity contribution < 1.29 is 4.79 Å². The lowest BCUT2D eigenvalue weighted by Gasteiger charge is -2.16. The number of carbonyl (C=O) groups is 1. The first-order valence-corrected chi connectivity index (χ1v) is 6.41. The van der Waals surface area contributed by atoms with Gasteiger partial charge < -0.3 is 16.0 Å². The minimum Gasteiger partial charge on any atom is -0.399 e. The van der Waals surface area contributed by atoms with Crippen molar-refractivity contribution in [2.75, 3.05) is 31.7 Å². The Morgan fingerprint density at radius 3 is 2.67 bits per heavy atom. The third-order valence-corrected chi connectivity index (χ3v) is 2.78. The molecule has 18 heavy (non-hydrogen) atoms. The van der Waals surface area contributed by atoms with Crippen LogP contribution in [-0.2, 0) is 0 Å². The predicted molar refractivity (Wildman–Crippen MR) is 76.9 cm³/mol. The molecule has 0 fully saturated rings. The van der Waals surface area contributed by atoms with Gasteiger partial charge in [-0.1, -0.05) is 19.8 Å². The van der Waals surface area contributed by atoms with Gasteiger partial charge in [0.05, 0.1) is 5.56 Å². The van der Waals surface area contributed by atoms with E-state index in [4.69, 9.17) is 5.73 Å². The van der Waals surface area contributed by atoms with Crippen LogP contribution in [0.2, 0.25) is 0 Å². The molecule has 0 unspecified atom stereocenters. The van der Waals surface area contributed by atoms with Crippen LogP contribution in [0, 0.1) is 0 Å². The Morgan fingerprint density at radius 2 is 2.06 bits per heavy atom. The molecule has 3 N–H and O–H groups in total. The molecular formula is C14H23N3O. The van der Waals surface area contributed by atoms with Crippen LogP contribution in [0.25, 0.3) is 0 Å². The van der Waals surface area contributed by atoms with Crippen LogP contribution >= 0.6 is 0 Å². The van der Waals surface area contributed by atoms with E-state index in [2.05, 4.69) is 12.2 Å². The highest BCUT2D eigenvalue weighted by Crippen LogP contribution is 2.20. The van der Waals surface area contributed by atoms with Crippen LogP contribution in [0.15, 0.2) is 18.2 Å². The molecule has 0 aromatic heterocycles. The summed E-state index contributed by atoms with van der Waals surface area (Å²) in [6, 6.07) is 5.36. The van der Waals surface area contributed by atoms with Crippen molar-refractivity contribution in [3.63, 3.8) is 0 Å². The summed E-state index contributed by atoms with van der Waals surface area (Å²) in [7, 11) is 3.50. The summed E-state index contributed by atoms with van der Waals surface area (Å²) in [5.74, 6) is -0.00649. The topological polar surface area (TPSA) is 58.4 Å². The minimum atomic E-state index is -0.00649. The van der Waals surface area contributed by atoms with E-state index in [9.17, 15) is 4.79 Å². The van der Waals surface area contributed by atoms with Crippen LogP contribution in [-0.4, -0.2) is 31.4 Å². The Balaban J connectivity index is 2.80. The second kappa shape index (κ2) is 6.89. The zero-order valence-electron chi connectivity index (χ0n) is 11.5. The van der Waals surface area contributed by atoms with Crippen molar-refractivity contribution in [2.24, 2.45) is 0 Å². The molecule has 0 radical (unpaired) electrons. The SMILES string of the molecule is CCCCCNc1cc(N)ccc1C(=O)N(C)C. The molecule has 0 saturated heterocycles. The number of amides is 1. The van der Waals surface area contributed by atoms with Gasteiger partial charge in [0.2, 0.25) is 0 Å². The third-order valence-electron chi connectivity index (χ3n) is 2.78. The van der Waals surface area contributed by atoms with E-state index in [1.807, 2.05) is 6.07 Å². The number of benzene rings is 1. The van der Waals surface area contributed by atoms with Gasteiger partial charge in [-0.15, -0.1) is 0 Å². The number of carbonyl (C=O) groups excluding carboxylic acids is 1. The quantitative estimate of drug-likeness (QED) is 0.602. The molecule has 0 aliphatic rings. The molecule has 0 bridgehead atoms. The Bertz CT molecular complexity index is 402. The van der Waals surface area contributed by atoms with E-state index < -0.39 is 0 Å². The normalized spacial score (nSPS) is 10.2. The number of rotatable bonds is 6. The molecule has 1 aromatic rings. The van der Waals surface area contributed by atoms with E-state index in [0.717, 1.165) is 18.7 Å². The zero-order chi connectivity index (χ0) is 13.5. The molecule has 4 nitrogen and oxygen atoms in total. The maximum Gasteiger partial charge on any atom is 0.255 e. The second-order valence-electron chi connectivity index (χ2n) is 4.64. The molecule has 1 aromatic carbocycles. The van der Waals surface area contributed by atoms with E-state index in [-0.39, 0.29) is 5.91 Å². The molecule has 0 aliphatic heterocycles. The lowest BCUT2D eigenvalue weighted by molar-refractivity contribution is 0.0828. The van der Waals surface area contributed by atoms with Gasteiger partial charge in [0.25, 0.3) is 5.91 Å². The number of unbranched alkanes of at least 4 members (excludes halogenated alkanes) is 2. The molecule has 0 heterocycles. The van der Waals surface area contributed by atoms with E-state index >= 15 is 0 Å². The highest BCUT2D eigenvalue weighted by Gasteiger charge is 2.13. The molecule has 4 heteroatoms. The van der Waals surface area contributed by atoms with Crippen LogP contribution in [0.3, 0.4) is 0 Å². The van der Waals surface area contributed by atoms with Crippen molar-refractivity contribution in [1.29, 1.82) is 0 Å². The molecule has 0 atom stereocenters. The van der Waals surface area contributed by atoms with Crippen LogP contribution in [0.5, 0.6) is 0 Å². The minimum absolute atomic E-state index is 0.00649. The first kappa shape index (κ1) is 14.4. The number of nitrogens with one attached hydrogen (secondary N) is 1. The van der Waals surface area contributed by atoms with Gasteiger partial charge in [0, 0.05) is 32.0 Å². The maximum absolute atomic E-state index is 12.0. The second-order valence-corrected chi connectivity index (χ2v) is 4.64. The maximum atomic E-state index is 12.0. The first-order valence-electron chi connectivity index (χ1n) is 6.41. The molecule has 100 valence electrons. The summed E-state index contributed by atoms with van der Waals surface area (Å²) in [6.45, 7) is 3.03. The Labute approximate surface area is 109 Å². The number of nitrogens with two attached hydrogens (primary N) is 1. The van der Waals surface area contributed by atoms with Crippen molar-refractivity contribution in [3.8, 4) is 0 Å². The summed E-state index contributed by atoms with van der Waals surface area (Å²) < 4.78 is 0. The number of nitrogens with zero attached hydrogens (tertiary/aromatic N) is 1. The van der Waals surface area contributed by atoms with Gasteiger partial charge in [0.15, 0.2) is 0 Å². The number of nitrogen functional groups attached to an aromatic ring is 1. The Morgan fingerprint density at radius 1 is 1.33 bits per heavy atom. The largest absolute Gasteiger partial charge is 0.399 e. The standard InChI is InChI=1S/C14H23N3O/c1-4-5-6-9-16-13-10-11(15)7-8-12(13)14(18)17(2)3/h7-8,10,16H,4-6,9,15H2,1-3H3. The summed E-state index contributed by atoms with van der Waals surface area (Å²) in [5.41, 5.74) is 7.93. The van der Waals surface area contributed by atoms with E-state index in [0.29, 0.717) is 11.3 Å². The van der Waals surface area contributed by atoms with Gasteiger partial charge in [-0.05, 0) is 24.6 Å². The van der Waals surface area contributed by atoms with Crippen molar-refractivity contribution in [2.45, 2.75) is 26.2 Å². The summed E-state index contributed by atoms with van der Waals surface area (Å²) >= 11 is 0. The smallest absolute Gasteiger partial charge is 0.255 e. The molecule has 1 rings (SSSR count). The fourth-order valence-electron chi connectivity index (χ4n) is 1.73. The monoisotopic (exact) mass is 249 g/mol. The fourth-order valence-corrected chi connectivity index (χ4v) is 1.73. The van der Waals surface area contributed by atoms with E-state index in [1.54, 1.807) is 31.1 Å². The molecule has 0 spiro atoms. The highest BCUT2D eigenvalue weighted by atomic mass is 16.2. The lowest BCUT2D eigenvalue weighted by atomic mass is 10.1. The van der Waals surface area contributed by atoms with Crippen LogP contribution in [0.1, 0.15) is 36.5 Å². The van der Waals surface area contributed by atoms with E-state index in [1.165, 1.54) is 12.8 Å². The summed E-state index contributed by atoms with van der Waals surface area (Å²) in [4.78, 5) is 13.6. The van der Waals surface area contributed by atoms with Crippen LogP contribution in [0.4, 0.5) is 11.4 Å². The van der Waals surface area contributed by atoms with Gasteiger partial charge >= 0.3 is 0 Å². The number of anilines is 2. The van der Waals surface area contributed by atoms with Gasteiger partial charge in [-0.2, -0.15) is 0 Å². The summed E-state index contributed by atoms with van der Waals surface area (Å²) in [6.07, 6.45) is 3.47. The number of hydrogen-bond acceptors (Lipinski definition) is 3. The Hall–Kier alpha value is -1.71. The Kier molecular flexibility index (Phi) is 5.49. The average Bonchev–Trinajstić information content (AvgIpc) is 2.34. The molecular weight excluding hydrogens is 226 g/mol. The molecule has 1 amide bonds. The van der Waals surface area contributed by atoms with Gasteiger partial charge in [0.1, 0.15) is 0 Å². The fraction of sp³-hybridized carbons (Fsp3) is 0.500. The van der Waals surface area contributed by atoms with Crippen molar-refractivity contribution in [1.82, 2.24) is 4.90 Å². The summed E-state index contributed by atoms with van der Waals surface area (Å²) in [5, 5.41) is 3.30. The van der Waals surface area contributed by atoms with Crippen molar-refractivity contribution >= 4 is 17.3 Å². The average molecular weight is 249 g/mol. The highest BCUT2D eigenvalue weighted by molar-refractivity contribution is 5.99. The predicted octanol–water partition coefficient (Wildman–Crippen LogP) is 2.57. The lowest BCUT2D eigenvalue weighted by Crippen LogP contribution is -2.23.